The first-order chi connectivity index (χ1) is 10.0. The van der Waals surface area contributed by atoms with Crippen LogP contribution in [0.1, 0.15) is 39.7 Å². The number of halogens is 1. The second kappa shape index (κ2) is 9.00. The Hall–Kier alpha value is -1.13. The highest BCUT2D eigenvalue weighted by Crippen LogP contribution is 2.27. The van der Waals surface area contributed by atoms with Crippen LogP contribution in [0.2, 0.25) is 0 Å². The SMILES string of the molecule is CCC(C)N(CCOC)c1c(F)cccc1CNC(C)C. The van der Waals surface area contributed by atoms with E-state index in [1.165, 1.54) is 6.07 Å². The fourth-order valence-corrected chi connectivity index (χ4v) is 2.30. The first kappa shape index (κ1) is 17.9. The molecule has 21 heavy (non-hydrogen) atoms. The predicted octanol–water partition coefficient (Wildman–Crippen LogP) is 3.58. The van der Waals surface area contributed by atoms with Gasteiger partial charge in [0, 0.05) is 32.3 Å². The number of benzene rings is 1. The Morgan fingerprint density at radius 1 is 1.29 bits per heavy atom. The fraction of sp³-hybridized carbons (Fsp3) is 0.647. The first-order valence-corrected chi connectivity index (χ1v) is 7.77. The van der Waals surface area contributed by atoms with E-state index in [0.29, 0.717) is 31.4 Å². The smallest absolute Gasteiger partial charge is 0.146 e. The first-order valence-electron chi connectivity index (χ1n) is 7.77. The molecule has 1 rings (SSSR count). The van der Waals surface area contributed by atoms with E-state index in [0.717, 1.165) is 12.0 Å². The highest BCUT2D eigenvalue weighted by atomic mass is 19.1. The normalized spacial score (nSPS) is 12.7. The van der Waals surface area contributed by atoms with Gasteiger partial charge in [0.1, 0.15) is 5.82 Å². The molecule has 3 nitrogen and oxygen atoms in total. The van der Waals surface area contributed by atoms with Gasteiger partial charge in [-0.05, 0) is 25.0 Å². The number of rotatable bonds is 9. The van der Waals surface area contributed by atoms with E-state index in [-0.39, 0.29) is 11.9 Å². The lowest BCUT2D eigenvalue weighted by atomic mass is 10.1. The van der Waals surface area contributed by atoms with Crippen LogP contribution in [0.5, 0.6) is 0 Å². The van der Waals surface area contributed by atoms with Gasteiger partial charge in [0.2, 0.25) is 0 Å². The number of anilines is 1. The minimum absolute atomic E-state index is 0.158. The Morgan fingerprint density at radius 2 is 2.00 bits per heavy atom. The topological polar surface area (TPSA) is 24.5 Å². The van der Waals surface area contributed by atoms with Crippen LogP contribution in [0, 0.1) is 5.82 Å². The van der Waals surface area contributed by atoms with E-state index in [1.54, 1.807) is 13.2 Å². The van der Waals surface area contributed by atoms with Crippen LogP contribution in [0.4, 0.5) is 10.1 Å². The molecule has 0 radical (unpaired) electrons. The van der Waals surface area contributed by atoms with Crippen molar-refractivity contribution in [1.29, 1.82) is 0 Å². The van der Waals surface area contributed by atoms with Gasteiger partial charge in [0.25, 0.3) is 0 Å². The van der Waals surface area contributed by atoms with E-state index in [4.69, 9.17) is 4.74 Å². The maximum atomic E-state index is 14.4. The summed E-state index contributed by atoms with van der Waals surface area (Å²) in [6.45, 7) is 10.4. The number of methoxy groups -OCH3 is 1. The summed E-state index contributed by atoms with van der Waals surface area (Å²) in [7, 11) is 1.68. The summed E-state index contributed by atoms with van der Waals surface area (Å²) < 4.78 is 19.6. The van der Waals surface area contributed by atoms with Gasteiger partial charge in [-0.1, -0.05) is 32.9 Å². The molecule has 120 valence electrons. The zero-order valence-electron chi connectivity index (χ0n) is 13.9. The van der Waals surface area contributed by atoms with Crippen molar-refractivity contribution in [1.82, 2.24) is 5.32 Å². The zero-order chi connectivity index (χ0) is 15.8. The Bertz CT molecular complexity index is 423. The van der Waals surface area contributed by atoms with Gasteiger partial charge in [0.05, 0.1) is 12.3 Å². The summed E-state index contributed by atoms with van der Waals surface area (Å²) in [6, 6.07) is 5.96. The average Bonchev–Trinajstić information content (AvgIpc) is 2.46. The third-order valence-corrected chi connectivity index (χ3v) is 3.72. The third kappa shape index (κ3) is 5.29. The number of nitrogens with zero attached hydrogens (tertiary/aromatic N) is 1. The molecule has 4 heteroatoms. The van der Waals surface area contributed by atoms with Crippen LogP contribution in [0.15, 0.2) is 18.2 Å². The van der Waals surface area contributed by atoms with Gasteiger partial charge in [-0.3, -0.25) is 0 Å². The lowest BCUT2D eigenvalue weighted by Gasteiger charge is -2.33. The minimum atomic E-state index is -0.158. The van der Waals surface area contributed by atoms with E-state index in [9.17, 15) is 4.39 Å². The zero-order valence-corrected chi connectivity index (χ0v) is 13.9. The van der Waals surface area contributed by atoms with Crippen molar-refractivity contribution in [2.45, 2.75) is 52.7 Å². The van der Waals surface area contributed by atoms with Crippen molar-refractivity contribution in [2.24, 2.45) is 0 Å². The molecular weight excluding hydrogens is 267 g/mol. The summed E-state index contributed by atoms with van der Waals surface area (Å²) in [5.41, 5.74) is 1.71. The van der Waals surface area contributed by atoms with Gasteiger partial charge in [0.15, 0.2) is 0 Å². The number of nitrogens with one attached hydrogen (secondary N) is 1. The van der Waals surface area contributed by atoms with E-state index in [1.807, 2.05) is 6.07 Å². The van der Waals surface area contributed by atoms with Gasteiger partial charge < -0.3 is 15.0 Å². The molecule has 0 bridgehead atoms. The quantitative estimate of drug-likeness (QED) is 0.754. The summed E-state index contributed by atoms with van der Waals surface area (Å²) in [4.78, 5) is 2.12. The maximum absolute atomic E-state index is 14.4. The molecule has 0 fully saturated rings. The molecule has 1 aromatic carbocycles. The van der Waals surface area contributed by atoms with Crippen LogP contribution < -0.4 is 10.2 Å². The lowest BCUT2D eigenvalue weighted by Crippen LogP contribution is -2.37. The second-order valence-corrected chi connectivity index (χ2v) is 5.73. The molecule has 0 aliphatic carbocycles. The molecule has 1 N–H and O–H groups in total. The highest BCUT2D eigenvalue weighted by Gasteiger charge is 2.20. The number of para-hydroxylation sites is 1. The predicted molar refractivity (Wildman–Crippen MR) is 87.4 cm³/mol. The van der Waals surface area contributed by atoms with Crippen molar-refractivity contribution < 1.29 is 9.13 Å². The van der Waals surface area contributed by atoms with Crippen LogP contribution >= 0.6 is 0 Å². The van der Waals surface area contributed by atoms with Crippen LogP contribution in [-0.2, 0) is 11.3 Å². The molecule has 0 saturated carbocycles. The molecule has 0 aromatic heterocycles. The van der Waals surface area contributed by atoms with E-state index >= 15 is 0 Å². The maximum Gasteiger partial charge on any atom is 0.146 e. The number of ether oxygens (including phenoxy) is 1. The Kier molecular flexibility index (Phi) is 7.68. The molecule has 0 amide bonds. The van der Waals surface area contributed by atoms with E-state index < -0.39 is 0 Å². The largest absolute Gasteiger partial charge is 0.383 e. The van der Waals surface area contributed by atoms with Gasteiger partial charge >= 0.3 is 0 Å². The fourth-order valence-electron chi connectivity index (χ4n) is 2.30. The molecule has 1 unspecified atom stereocenters. The summed E-state index contributed by atoms with van der Waals surface area (Å²) in [6.07, 6.45) is 0.967. The molecular formula is C17H29FN2O. The molecule has 0 spiro atoms. The molecule has 0 saturated heterocycles. The minimum Gasteiger partial charge on any atom is -0.383 e. The third-order valence-electron chi connectivity index (χ3n) is 3.72. The van der Waals surface area contributed by atoms with Crippen molar-refractivity contribution in [3.63, 3.8) is 0 Å². The summed E-state index contributed by atoms with van der Waals surface area (Å²) in [5.74, 6) is -0.158. The van der Waals surface area contributed by atoms with Crippen LogP contribution in [0.3, 0.4) is 0 Å². The van der Waals surface area contributed by atoms with Crippen molar-refractivity contribution >= 4 is 5.69 Å². The summed E-state index contributed by atoms with van der Waals surface area (Å²) >= 11 is 0. The second-order valence-electron chi connectivity index (χ2n) is 5.73. The molecule has 0 heterocycles. The van der Waals surface area contributed by atoms with Gasteiger partial charge in [-0.15, -0.1) is 0 Å². The van der Waals surface area contributed by atoms with Crippen LogP contribution in [0.25, 0.3) is 0 Å². The highest BCUT2D eigenvalue weighted by molar-refractivity contribution is 5.55. The average molecular weight is 296 g/mol. The molecule has 1 atom stereocenters. The van der Waals surface area contributed by atoms with E-state index in [2.05, 4.69) is 37.9 Å². The monoisotopic (exact) mass is 296 g/mol. The van der Waals surface area contributed by atoms with Crippen molar-refractivity contribution in [2.75, 3.05) is 25.2 Å². The van der Waals surface area contributed by atoms with Crippen molar-refractivity contribution in [3.8, 4) is 0 Å². The molecule has 0 aliphatic rings. The molecule has 0 aliphatic heterocycles. The number of hydrogen-bond acceptors (Lipinski definition) is 3. The Morgan fingerprint density at radius 3 is 2.57 bits per heavy atom. The van der Waals surface area contributed by atoms with Gasteiger partial charge in [-0.25, -0.2) is 4.39 Å². The lowest BCUT2D eigenvalue weighted by molar-refractivity contribution is 0.203. The number of hydrogen-bond donors (Lipinski definition) is 1. The molecule has 1 aromatic rings. The standard InChI is InChI=1S/C17H29FN2O/c1-6-14(4)20(10-11-21-5)17-15(12-19-13(2)3)8-7-9-16(17)18/h7-9,13-14,19H,6,10-12H2,1-5H3. The Balaban J connectivity index is 3.08. The van der Waals surface area contributed by atoms with Gasteiger partial charge in [-0.2, -0.15) is 0 Å². The summed E-state index contributed by atoms with van der Waals surface area (Å²) in [5, 5.41) is 3.37. The van der Waals surface area contributed by atoms with Crippen LogP contribution in [-0.4, -0.2) is 32.3 Å². The van der Waals surface area contributed by atoms with Crippen molar-refractivity contribution in [3.05, 3.63) is 29.6 Å². The Labute approximate surface area is 128 Å².